The molecule has 1 saturated carbocycles. The maximum atomic E-state index is 3.89. The van der Waals surface area contributed by atoms with Crippen molar-refractivity contribution in [3.8, 4) is 0 Å². The zero-order valence-corrected chi connectivity index (χ0v) is 11.4. The van der Waals surface area contributed by atoms with Gasteiger partial charge < -0.3 is 5.32 Å². The number of anilines is 1. The van der Waals surface area contributed by atoms with E-state index in [4.69, 9.17) is 0 Å². The van der Waals surface area contributed by atoms with Gasteiger partial charge in [0.15, 0.2) is 0 Å². The Kier molecular flexibility index (Phi) is 2.95. The largest absolute Gasteiger partial charge is 0.372 e. The molecule has 1 N–H and O–H groups in total. The highest BCUT2D eigenvalue weighted by molar-refractivity contribution is 7.09. The van der Waals surface area contributed by atoms with E-state index in [2.05, 4.69) is 42.6 Å². The van der Waals surface area contributed by atoms with Crippen LogP contribution in [-0.4, -0.2) is 15.6 Å². The first-order valence-electron chi connectivity index (χ1n) is 5.90. The number of nitrogens with one attached hydrogen (secondary N) is 1. The van der Waals surface area contributed by atoms with Crippen LogP contribution in [0.15, 0.2) is 6.20 Å². The minimum Gasteiger partial charge on any atom is -0.372 e. The van der Waals surface area contributed by atoms with Crippen molar-refractivity contribution < 1.29 is 0 Å². The molecule has 3 nitrogen and oxygen atoms in total. The quantitative estimate of drug-likeness (QED) is 0.857. The number of nitrogens with zero attached hydrogens (tertiary/aromatic N) is 2. The third kappa shape index (κ3) is 2.94. The molecule has 0 aliphatic heterocycles. The number of aromatic nitrogens is 2. The second-order valence-corrected chi connectivity index (χ2v) is 7.32. The van der Waals surface area contributed by atoms with Crippen molar-refractivity contribution in [2.45, 2.75) is 53.0 Å². The van der Waals surface area contributed by atoms with E-state index in [0.717, 1.165) is 5.00 Å². The van der Waals surface area contributed by atoms with Gasteiger partial charge in [0.05, 0.1) is 6.20 Å². The molecule has 0 saturated heterocycles. The molecule has 1 aromatic rings. The Labute approximate surface area is 102 Å². The number of hydrogen-bond donors (Lipinski definition) is 1. The smallest absolute Gasteiger partial charge is 0.130 e. The average Bonchev–Trinajstić information content (AvgIpc) is 2.49. The lowest BCUT2D eigenvalue weighted by Gasteiger charge is -2.45. The van der Waals surface area contributed by atoms with Crippen LogP contribution in [0.3, 0.4) is 0 Å². The molecule has 1 aromatic heterocycles. The van der Waals surface area contributed by atoms with Gasteiger partial charge in [0.25, 0.3) is 0 Å². The van der Waals surface area contributed by atoms with E-state index < -0.39 is 0 Å². The molecule has 1 aliphatic carbocycles. The summed E-state index contributed by atoms with van der Waals surface area (Å²) in [4.78, 5) is 0. The minimum atomic E-state index is 0.428. The molecular weight excluding hydrogens is 218 g/mol. The molecule has 0 spiro atoms. The Morgan fingerprint density at radius 3 is 2.38 bits per heavy atom. The molecule has 90 valence electrons. The molecule has 1 heterocycles. The average molecular weight is 239 g/mol. The zero-order chi connectivity index (χ0) is 11.8. The third-order valence-electron chi connectivity index (χ3n) is 3.26. The van der Waals surface area contributed by atoms with Crippen LogP contribution >= 0.6 is 11.5 Å². The van der Waals surface area contributed by atoms with E-state index in [1.54, 1.807) is 0 Å². The Morgan fingerprint density at radius 1 is 1.25 bits per heavy atom. The second kappa shape index (κ2) is 3.99. The summed E-state index contributed by atoms with van der Waals surface area (Å²) >= 11 is 1.44. The second-order valence-electron chi connectivity index (χ2n) is 6.54. The fraction of sp³-hybridized carbons (Fsp3) is 0.833. The summed E-state index contributed by atoms with van der Waals surface area (Å²) in [6.45, 7) is 9.47. The Morgan fingerprint density at radius 2 is 1.88 bits per heavy atom. The number of hydrogen-bond acceptors (Lipinski definition) is 4. The summed E-state index contributed by atoms with van der Waals surface area (Å²) in [6.07, 6.45) is 5.58. The Balaban J connectivity index is 2.05. The summed E-state index contributed by atoms with van der Waals surface area (Å²) in [6, 6.07) is 0.556. The van der Waals surface area contributed by atoms with Crippen molar-refractivity contribution >= 4 is 16.5 Å². The molecule has 0 amide bonds. The van der Waals surface area contributed by atoms with Crippen molar-refractivity contribution in [3.05, 3.63) is 6.20 Å². The minimum absolute atomic E-state index is 0.428. The lowest BCUT2D eigenvalue weighted by atomic mass is 9.63. The van der Waals surface area contributed by atoms with Crippen LogP contribution in [0.25, 0.3) is 0 Å². The van der Waals surface area contributed by atoms with Gasteiger partial charge in [-0.1, -0.05) is 32.2 Å². The molecule has 1 aliphatic rings. The maximum absolute atomic E-state index is 3.89. The van der Waals surface area contributed by atoms with Crippen LogP contribution in [0, 0.1) is 10.8 Å². The normalized spacial score (nSPS) is 24.2. The molecule has 0 radical (unpaired) electrons. The third-order valence-corrected chi connectivity index (χ3v) is 3.86. The van der Waals surface area contributed by atoms with Gasteiger partial charge in [0, 0.05) is 17.6 Å². The van der Waals surface area contributed by atoms with Crippen LogP contribution in [0.5, 0.6) is 0 Å². The van der Waals surface area contributed by atoms with Gasteiger partial charge in [0.2, 0.25) is 0 Å². The van der Waals surface area contributed by atoms with E-state index >= 15 is 0 Å². The van der Waals surface area contributed by atoms with E-state index in [9.17, 15) is 0 Å². The highest BCUT2D eigenvalue weighted by Gasteiger charge is 2.38. The van der Waals surface area contributed by atoms with Crippen LogP contribution in [0.4, 0.5) is 5.00 Å². The van der Waals surface area contributed by atoms with E-state index in [1.807, 2.05) is 6.20 Å². The summed E-state index contributed by atoms with van der Waals surface area (Å²) in [5.74, 6) is 0. The Hall–Kier alpha value is -0.640. The molecule has 16 heavy (non-hydrogen) atoms. The van der Waals surface area contributed by atoms with Crippen molar-refractivity contribution in [2.75, 3.05) is 5.32 Å². The van der Waals surface area contributed by atoms with Gasteiger partial charge in [-0.25, -0.2) is 0 Å². The molecule has 0 unspecified atom stereocenters. The standard InChI is InChI=1S/C12H21N3S/c1-11(2)5-9(6-12(3,4)8-11)14-10-7-13-15-16-10/h7,9,14H,5-6,8H2,1-4H3. The van der Waals surface area contributed by atoms with E-state index in [1.165, 1.54) is 30.8 Å². The molecule has 0 atom stereocenters. The Bertz CT molecular complexity index is 327. The predicted octanol–water partition coefficient (Wildman–Crippen LogP) is 3.55. The molecular formula is C12H21N3S. The zero-order valence-electron chi connectivity index (χ0n) is 10.6. The van der Waals surface area contributed by atoms with Crippen LogP contribution in [-0.2, 0) is 0 Å². The van der Waals surface area contributed by atoms with Gasteiger partial charge in [-0.2, -0.15) is 0 Å². The highest BCUT2D eigenvalue weighted by atomic mass is 32.1. The van der Waals surface area contributed by atoms with Crippen molar-refractivity contribution in [1.82, 2.24) is 9.59 Å². The van der Waals surface area contributed by atoms with E-state index in [-0.39, 0.29) is 0 Å². The molecule has 0 bridgehead atoms. The van der Waals surface area contributed by atoms with E-state index in [0.29, 0.717) is 16.9 Å². The van der Waals surface area contributed by atoms with Gasteiger partial charge >= 0.3 is 0 Å². The first kappa shape index (κ1) is 11.8. The fourth-order valence-corrected chi connectivity index (χ4v) is 3.88. The van der Waals surface area contributed by atoms with Crippen molar-refractivity contribution in [2.24, 2.45) is 10.8 Å². The molecule has 2 rings (SSSR count). The van der Waals surface area contributed by atoms with Crippen molar-refractivity contribution in [1.29, 1.82) is 0 Å². The van der Waals surface area contributed by atoms with Crippen molar-refractivity contribution in [3.63, 3.8) is 0 Å². The SMILES string of the molecule is CC1(C)CC(Nc2cnns2)CC(C)(C)C1. The molecule has 1 fully saturated rings. The fourth-order valence-electron chi connectivity index (χ4n) is 3.38. The summed E-state index contributed by atoms with van der Waals surface area (Å²) < 4.78 is 3.89. The van der Waals surface area contributed by atoms with Gasteiger partial charge in [-0.05, 0) is 30.1 Å². The summed E-state index contributed by atoms with van der Waals surface area (Å²) in [5.41, 5.74) is 0.856. The monoisotopic (exact) mass is 239 g/mol. The van der Waals surface area contributed by atoms with Gasteiger partial charge in [-0.3, -0.25) is 0 Å². The maximum Gasteiger partial charge on any atom is 0.130 e. The van der Waals surface area contributed by atoms with Crippen LogP contribution < -0.4 is 5.32 Å². The lowest BCUT2D eigenvalue weighted by molar-refractivity contribution is 0.105. The first-order valence-corrected chi connectivity index (χ1v) is 6.68. The molecule has 0 aromatic carbocycles. The lowest BCUT2D eigenvalue weighted by Crippen LogP contribution is -2.40. The summed E-state index contributed by atoms with van der Waals surface area (Å²) in [7, 11) is 0. The number of rotatable bonds is 2. The van der Waals surface area contributed by atoms with Gasteiger partial charge in [-0.15, -0.1) is 5.10 Å². The predicted molar refractivity (Wildman–Crippen MR) is 68.7 cm³/mol. The van der Waals surface area contributed by atoms with Crippen LogP contribution in [0.1, 0.15) is 47.0 Å². The highest BCUT2D eigenvalue weighted by Crippen LogP contribution is 2.46. The van der Waals surface area contributed by atoms with Crippen LogP contribution in [0.2, 0.25) is 0 Å². The molecule has 4 heteroatoms. The summed E-state index contributed by atoms with van der Waals surface area (Å²) in [5, 5.41) is 8.53. The first-order chi connectivity index (χ1) is 7.36. The van der Waals surface area contributed by atoms with Gasteiger partial charge in [0.1, 0.15) is 5.00 Å². The topological polar surface area (TPSA) is 37.8 Å².